The molecule has 2 amide bonds. The van der Waals surface area contributed by atoms with Crippen molar-refractivity contribution < 1.29 is 31.8 Å². The van der Waals surface area contributed by atoms with E-state index in [1.807, 2.05) is 0 Å². The second kappa shape index (κ2) is 9.46. The van der Waals surface area contributed by atoms with E-state index in [1.165, 1.54) is 6.92 Å². The number of H-pyrrole nitrogens is 1. The van der Waals surface area contributed by atoms with Gasteiger partial charge in [-0.1, -0.05) is 5.16 Å². The van der Waals surface area contributed by atoms with Crippen molar-refractivity contribution in [2.75, 3.05) is 6.54 Å². The van der Waals surface area contributed by atoms with Gasteiger partial charge in [-0.2, -0.15) is 0 Å². The van der Waals surface area contributed by atoms with E-state index in [0.29, 0.717) is 22.7 Å². The van der Waals surface area contributed by atoms with Gasteiger partial charge in [0.05, 0.1) is 28.7 Å². The zero-order valence-electron chi connectivity index (χ0n) is 23.9. The minimum atomic E-state index is -2.76. The first kappa shape index (κ1) is 28.2. The molecule has 5 fully saturated rings. The minimum Gasteiger partial charge on any atom is -0.340 e. The van der Waals surface area contributed by atoms with Crippen LogP contribution in [0.1, 0.15) is 104 Å². The number of pyridine rings is 1. The number of nitrogens with zero attached hydrogens (tertiary/aromatic N) is 5. The van der Waals surface area contributed by atoms with E-state index in [4.69, 9.17) is 4.98 Å². The summed E-state index contributed by atoms with van der Waals surface area (Å²) in [4.78, 5) is 40.8. The molecule has 0 aromatic carbocycles. The second-order valence-corrected chi connectivity index (χ2v) is 13.4. The van der Waals surface area contributed by atoms with E-state index < -0.39 is 40.7 Å². The summed E-state index contributed by atoms with van der Waals surface area (Å²) in [6.07, 6.45) is 0.594. The molecule has 14 heteroatoms. The Bertz CT molecular complexity index is 1570. The van der Waals surface area contributed by atoms with Crippen LogP contribution in [0.25, 0.3) is 11.2 Å². The lowest BCUT2D eigenvalue weighted by molar-refractivity contribution is -0.225. The standard InChI is InChI=1S/C29H33F4N7O3/c1-15-20(39-43-38-15)24(41)36-21(16-5-7-29(32,33)8-6-16)23-35-18-4-3-17(34-22(18)37-23)19-11-26(2,30)9-10-40(19)25(42)27-12-28(31,13-27)14-27/h3-4,16,19,21H,5-14H2,1-2H3,(H,36,41)(H,34,35,37)/t19?,21-,26-,27?,28?/m0/s1. The first-order valence-corrected chi connectivity index (χ1v) is 14.8. The SMILES string of the molecule is Cc1nonc1C(=O)N[C@H](c1nc2nc(C3C[C@@](C)(F)CCN3C(=O)C34CC(F)(C3)C4)ccc2[nH]1)C1CCC(F)(F)CC1. The van der Waals surface area contributed by atoms with Gasteiger partial charge in [0, 0.05) is 25.8 Å². The zero-order chi connectivity index (χ0) is 30.4. The predicted molar refractivity (Wildman–Crippen MR) is 143 cm³/mol. The molecule has 1 unspecified atom stereocenters. The van der Waals surface area contributed by atoms with Crippen molar-refractivity contribution in [2.45, 2.75) is 101 Å². The first-order chi connectivity index (χ1) is 20.3. The molecule has 10 nitrogen and oxygen atoms in total. The van der Waals surface area contributed by atoms with Crippen LogP contribution in [0.15, 0.2) is 16.8 Å². The van der Waals surface area contributed by atoms with Crippen molar-refractivity contribution >= 4 is 23.0 Å². The van der Waals surface area contributed by atoms with Crippen molar-refractivity contribution in [3.63, 3.8) is 0 Å². The Labute approximate surface area is 244 Å². The number of aromatic amines is 1. The highest BCUT2D eigenvalue weighted by atomic mass is 19.3. The largest absolute Gasteiger partial charge is 0.340 e. The van der Waals surface area contributed by atoms with Crippen molar-refractivity contribution in [3.05, 3.63) is 35.0 Å². The van der Waals surface area contributed by atoms with Gasteiger partial charge in [-0.15, -0.1) is 0 Å². The number of carbonyl (C=O) groups excluding carboxylic acids is 2. The van der Waals surface area contributed by atoms with E-state index in [-0.39, 0.29) is 87.5 Å². The fourth-order valence-electron chi connectivity index (χ4n) is 7.54. The highest BCUT2D eigenvalue weighted by Gasteiger charge is 2.73. The third kappa shape index (κ3) is 4.86. The minimum absolute atomic E-state index is 0.0126. The molecule has 1 saturated heterocycles. The Morgan fingerprint density at radius 3 is 2.44 bits per heavy atom. The highest BCUT2D eigenvalue weighted by molar-refractivity contribution is 5.93. The second-order valence-electron chi connectivity index (χ2n) is 13.4. The molecule has 5 aliphatic rings. The molecule has 2 bridgehead atoms. The molecule has 4 heterocycles. The molecule has 3 atom stereocenters. The molecule has 0 spiro atoms. The van der Waals surface area contributed by atoms with E-state index in [9.17, 15) is 22.8 Å². The number of fused-ring (bicyclic) bond motifs is 1. The fraction of sp³-hybridized carbons (Fsp3) is 0.655. The molecule has 43 heavy (non-hydrogen) atoms. The molecule has 1 aliphatic heterocycles. The number of rotatable bonds is 6. The van der Waals surface area contributed by atoms with Crippen LogP contribution in [-0.2, 0) is 4.79 Å². The van der Waals surface area contributed by atoms with E-state index in [2.05, 4.69) is 30.2 Å². The monoisotopic (exact) mass is 603 g/mol. The summed E-state index contributed by atoms with van der Waals surface area (Å²) in [5.41, 5.74) is -1.88. The Morgan fingerprint density at radius 1 is 1.07 bits per heavy atom. The Balaban J connectivity index is 1.19. The van der Waals surface area contributed by atoms with Gasteiger partial charge in [0.1, 0.15) is 22.9 Å². The summed E-state index contributed by atoms with van der Waals surface area (Å²) in [7, 11) is 0. The normalized spacial score (nSPS) is 32.6. The van der Waals surface area contributed by atoms with Crippen LogP contribution in [0.5, 0.6) is 0 Å². The average Bonchev–Trinajstić information content (AvgIpc) is 3.54. The van der Waals surface area contributed by atoms with Gasteiger partial charge in [0.15, 0.2) is 11.3 Å². The topological polar surface area (TPSA) is 130 Å². The van der Waals surface area contributed by atoms with Crippen LogP contribution in [0.2, 0.25) is 0 Å². The molecule has 230 valence electrons. The van der Waals surface area contributed by atoms with Crippen molar-refractivity contribution in [1.82, 2.24) is 35.5 Å². The summed E-state index contributed by atoms with van der Waals surface area (Å²) in [6, 6.07) is 2.05. The molecule has 3 aromatic rings. The van der Waals surface area contributed by atoms with Crippen molar-refractivity contribution in [3.8, 4) is 0 Å². The number of imidazole rings is 1. The number of piperidine rings is 1. The number of halogens is 4. The molecular weight excluding hydrogens is 570 g/mol. The number of nitrogens with one attached hydrogen (secondary N) is 2. The predicted octanol–water partition coefficient (Wildman–Crippen LogP) is 5.23. The number of aryl methyl sites for hydroxylation is 1. The average molecular weight is 604 g/mol. The summed E-state index contributed by atoms with van der Waals surface area (Å²) >= 11 is 0. The van der Waals surface area contributed by atoms with Crippen LogP contribution >= 0.6 is 0 Å². The molecule has 4 saturated carbocycles. The highest BCUT2D eigenvalue weighted by Crippen LogP contribution is 2.70. The lowest BCUT2D eigenvalue weighted by Gasteiger charge is -2.65. The first-order valence-electron chi connectivity index (χ1n) is 14.8. The number of hydrogen-bond acceptors (Lipinski definition) is 7. The molecular formula is C29H33F4N7O3. The third-order valence-electron chi connectivity index (χ3n) is 9.96. The van der Waals surface area contributed by atoms with Gasteiger partial charge in [-0.25, -0.2) is 32.2 Å². The summed E-state index contributed by atoms with van der Waals surface area (Å²) < 4.78 is 62.2. The summed E-state index contributed by atoms with van der Waals surface area (Å²) in [6.45, 7) is 3.29. The summed E-state index contributed by atoms with van der Waals surface area (Å²) in [5, 5.41) is 10.2. The van der Waals surface area contributed by atoms with Crippen LogP contribution in [-0.4, -0.2) is 65.8 Å². The maximum atomic E-state index is 15.3. The van der Waals surface area contributed by atoms with Gasteiger partial charge in [-0.05, 0) is 75.6 Å². The van der Waals surface area contributed by atoms with Gasteiger partial charge in [-0.3, -0.25) is 9.59 Å². The van der Waals surface area contributed by atoms with E-state index in [0.717, 1.165) is 0 Å². The third-order valence-corrected chi connectivity index (χ3v) is 9.96. The fourth-order valence-corrected chi connectivity index (χ4v) is 7.54. The zero-order valence-corrected chi connectivity index (χ0v) is 23.9. The number of alkyl halides is 4. The summed E-state index contributed by atoms with van der Waals surface area (Å²) in [5.74, 6) is -3.48. The van der Waals surface area contributed by atoms with Gasteiger partial charge >= 0.3 is 0 Å². The maximum absolute atomic E-state index is 15.3. The van der Waals surface area contributed by atoms with Gasteiger partial charge < -0.3 is 15.2 Å². The maximum Gasteiger partial charge on any atom is 0.276 e. The van der Waals surface area contributed by atoms with Gasteiger partial charge in [0.2, 0.25) is 11.8 Å². The van der Waals surface area contributed by atoms with Crippen LogP contribution in [0, 0.1) is 18.3 Å². The number of hydrogen-bond donors (Lipinski definition) is 2. The Morgan fingerprint density at radius 2 is 1.79 bits per heavy atom. The molecule has 2 N–H and O–H groups in total. The van der Waals surface area contributed by atoms with E-state index in [1.54, 1.807) is 24.0 Å². The Kier molecular flexibility index (Phi) is 6.20. The van der Waals surface area contributed by atoms with Crippen LogP contribution in [0.3, 0.4) is 0 Å². The lowest BCUT2D eigenvalue weighted by Crippen LogP contribution is -2.71. The number of carbonyl (C=O) groups is 2. The molecule has 0 radical (unpaired) electrons. The van der Waals surface area contributed by atoms with Crippen LogP contribution in [0.4, 0.5) is 17.6 Å². The molecule has 8 rings (SSSR count). The quantitative estimate of drug-likeness (QED) is 0.369. The van der Waals surface area contributed by atoms with E-state index >= 15 is 4.39 Å². The Hall–Kier alpha value is -3.58. The van der Waals surface area contributed by atoms with Crippen molar-refractivity contribution in [1.29, 1.82) is 0 Å². The smallest absolute Gasteiger partial charge is 0.276 e. The molecule has 4 aliphatic carbocycles. The molecule has 3 aromatic heterocycles. The lowest BCUT2D eigenvalue weighted by atomic mass is 9.41. The van der Waals surface area contributed by atoms with Gasteiger partial charge in [0.25, 0.3) is 5.91 Å². The number of likely N-dealkylation sites (tertiary alicyclic amines) is 1. The number of amides is 2. The van der Waals surface area contributed by atoms with Crippen molar-refractivity contribution in [2.24, 2.45) is 11.3 Å². The van der Waals surface area contributed by atoms with Crippen LogP contribution < -0.4 is 5.32 Å². The number of aromatic nitrogens is 5.